The number of likely N-dealkylation sites (tertiary alicyclic amines) is 1. The van der Waals surface area contributed by atoms with Crippen LogP contribution in [0.5, 0.6) is 0 Å². The van der Waals surface area contributed by atoms with Crippen molar-refractivity contribution in [2.45, 2.75) is 51.0 Å². The van der Waals surface area contributed by atoms with Gasteiger partial charge in [-0.1, -0.05) is 6.42 Å². The molecule has 0 bridgehead atoms. The zero-order valence-electron chi connectivity index (χ0n) is 11.7. The first kappa shape index (κ1) is 12.7. The Balaban J connectivity index is 1.77. The maximum absolute atomic E-state index is 12.3. The van der Waals surface area contributed by atoms with Gasteiger partial charge in [0, 0.05) is 25.7 Å². The minimum atomic E-state index is 0.0921. The quantitative estimate of drug-likeness (QED) is 0.760. The molecular formula is C15H22N2O2. The van der Waals surface area contributed by atoms with Crippen molar-refractivity contribution >= 4 is 11.8 Å². The highest BCUT2D eigenvalue weighted by molar-refractivity contribution is 6.02. The fourth-order valence-electron chi connectivity index (χ4n) is 3.68. The van der Waals surface area contributed by atoms with Crippen LogP contribution in [0, 0.1) is 0 Å². The molecule has 3 aliphatic rings. The molecule has 1 saturated heterocycles. The second kappa shape index (κ2) is 4.99. The molecule has 104 valence electrons. The van der Waals surface area contributed by atoms with Crippen LogP contribution in [0.1, 0.15) is 44.9 Å². The molecule has 2 aliphatic heterocycles. The largest absolute Gasteiger partial charge is 0.342 e. The molecule has 2 fully saturated rings. The lowest BCUT2D eigenvalue weighted by Crippen LogP contribution is -2.33. The Kier molecular flexibility index (Phi) is 3.33. The van der Waals surface area contributed by atoms with Crippen molar-refractivity contribution in [3.8, 4) is 0 Å². The molecule has 3 rings (SSSR count). The van der Waals surface area contributed by atoms with E-state index in [4.69, 9.17) is 0 Å². The standard InChI is InChI=1S/C15H22N2O2/c1-16-13-7-3-2-6-11(13)12(15(16)19)10-14(18)17-8-4-5-9-17/h13H,2-10H2,1H3. The van der Waals surface area contributed by atoms with E-state index in [2.05, 4.69) is 0 Å². The van der Waals surface area contributed by atoms with Crippen LogP contribution in [0.4, 0.5) is 0 Å². The number of carbonyl (C=O) groups excluding carboxylic acids is 2. The van der Waals surface area contributed by atoms with Crippen LogP contribution in [0.25, 0.3) is 0 Å². The van der Waals surface area contributed by atoms with Crippen molar-refractivity contribution < 1.29 is 9.59 Å². The topological polar surface area (TPSA) is 40.6 Å². The van der Waals surface area contributed by atoms with Crippen molar-refractivity contribution in [3.05, 3.63) is 11.1 Å². The second-order valence-corrected chi connectivity index (χ2v) is 5.95. The Bertz CT molecular complexity index is 435. The first-order chi connectivity index (χ1) is 9.18. The summed E-state index contributed by atoms with van der Waals surface area (Å²) >= 11 is 0. The molecule has 0 aromatic heterocycles. The minimum absolute atomic E-state index is 0.0921. The highest BCUT2D eigenvalue weighted by Crippen LogP contribution is 2.37. The van der Waals surface area contributed by atoms with Crippen molar-refractivity contribution in [1.82, 2.24) is 9.80 Å². The number of nitrogens with zero attached hydrogens (tertiary/aromatic N) is 2. The molecule has 0 aromatic rings. The Labute approximate surface area is 114 Å². The maximum atomic E-state index is 12.3. The van der Waals surface area contributed by atoms with Crippen LogP contribution in [-0.2, 0) is 9.59 Å². The molecule has 19 heavy (non-hydrogen) atoms. The van der Waals surface area contributed by atoms with E-state index >= 15 is 0 Å². The number of rotatable bonds is 2. The second-order valence-electron chi connectivity index (χ2n) is 5.95. The average molecular weight is 262 g/mol. The lowest BCUT2D eigenvalue weighted by Gasteiger charge is -2.26. The van der Waals surface area contributed by atoms with Crippen LogP contribution in [0.3, 0.4) is 0 Å². The molecule has 1 aliphatic carbocycles. The van der Waals surface area contributed by atoms with Crippen LogP contribution in [-0.4, -0.2) is 47.8 Å². The zero-order valence-corrected chi connectivity index (χ0v) is 11.7. The lowest BCUT2D eigenvalue weighted by atomic mass is 9.88. The van der Waals surface area contributed by atoms with Crippen molar-refractivity contribution in [3.63, 3.8) is 0 Å². The Morgan fingerprint density at radius 1 is 1.21 bits per heavy atom. The van der Waals surface area contributed by atoms with Gasteiger partial charge in [-0.2, -0.15) is 0 Å². The van der Waals surface area contributed by atoms with Gasteiger partial charge in [-0.3, -0.25) is 9.59 Å². The lowest BCUT2D eigenvalue weighted by molar-refractivity contribution is -0.132. The average Bonchev–Trinajstić information content (AvgIpc) is 3.03. The van der Waals surface area contributed by atoms with Gasteiger partial charge in [0.25, 0.3) is 5.91 Å². The highest BCUT2D eigenvalue weighted by Gasteiger charge is 2.38. The number of likely N-dealkylation sites (N-methyl/N-ethyl adjacent to an activating group) is 1. The van der Waals surface area contributed by atoms with Crippen molar-refractivity contribution in [2.75, 3.05) is 20.1 Å². The third kappa shape index (κ3) is 2.17. The fourth-order valence-corrected chi connectivity index (χ4v) is 3.68. The predicted molar refractivity (Wildman–Crippen MR) is 72.5 cm³/mol. The summed E-state index contributed by atoms with van der Waals surface area (Å²) in [5.41, 5.74) is 2.07. The summed E-state index contributed by atoms with van der Waals surface area (Å²) in [7, 11) is 1.88. The van der Waals surface area contributed by atoms with Crippen molar-refractivity contribution in [2.24, 2.45) is 0 Å². The van der Waals surface area contributed by atoms with Crippen LogP contribution in [0.15, 0.2) is 11.1 Å². The van der Waals surface area contributed by atoms with E-state index in [-0.39, 0.29) is 17.9 Å². The number of hydrogen-bond acceptors (Lipinski definition) is 2. The first-order valence-corrected chi connectivity index (χ1v) is 7.45. The van der Waals surface area contributed by atoms with E-state index in [0.717, 1.165) is 50.8 Å². The van der Waals surface area contributed by atoms with Gasteiger partial charge in [0.05, 0.1) is 12.5 Å². The van der Waals surface area contributed by atoms with E-state index in [9.17, 15) is 9.59 Å². The summed E-state index contributed by atoms with van der Waals surface area (Å²) in [6.45, 7) is 1.74. The molecule has 0 N–H and O–H groups in total. The van der Waals surface area contributed by atoms with Crippen LogP contribution >= 0.6 is 0 Å². The smallest absolute Gasteiger partial charge is 0.250 e. The summed E-state index contributed by atoms with van der Waals surface area (Å²) in [5.74, 6) is 0.238. The van der Waals surface area contributed by atoms with Gasteiger partial charge in [-0.25, -0.2) is 0 Å². The Morgan fingerprint density at radius 3 is 2.68 bits per heavy atom. The molecule has 0 radical (unpaired) electrons. The Hall–Kier alpha value is -1.32. The molecule has 1 saturated carbocycles. The van der Waals surface area contributed by atoms with E-state index < -0.39 is 0 Å². The fraction of sp³-hybridized carbons (Fsp3) is 0.733. The van der Waals surface area contributed by atoms with Crippen LogP contribution in [0.2, 0.25) is 0 Å². The SMILES string of the molecule is CN1C(=O)C(CC(=O)N2CCCC2)=C2CCCCC21. The number of hydrogen-bond donors (Lipinski definition) is 0. The minimum Gasteiger partial charge on any atom is -0.342 e. The summed E-state index contributed by atoms with van der Waals surface area (Å²) in [4.78, 5) is 28.3. The molecule has 1 atom stereocenters. The summed E-state index contributed by atoms with van der Waals surface area (Å²) < 4.78 is 0. The predicted octanol–water partition coefficient (Wildman–Crippen LogP) is 1.71. The van der Waals surface area contributed by atoms with Gasteiger partial charge >= 0.3 is 0 Å². The third-order valence-corrected chi connectivity index (χ3v) is 4.80. The molecule has 0 aromatic carbocycles. The van der Waals surface area contributed by atoms with E-state index in [0.29, 0.717) is 6.42 Å². The number of fused-ring (bicyclic) bond motifs is 1. The molecular weight excluding hydrogens is 240 g/mol. The van der Waals surface area contributed by atoms with Gasteiger partial charge in [0.2, 0.25) is 5.91 Å². The summed E-state index contributed by atoms with van der Waals surface area (Å²) in [5, 5.41) is 0. The third-order valence-electron chi connectivity index (χ3n) is 4.80. The molecule has 0 spiro atoms. The number of carbonyl (C=O) groups is 2. The van der Waals surface area contributed by atoms with Gasteiger partial charge in [-0.05, 0) is 37.7 Å². The zero-order chi connectivity index (χ0) is 13.4. The highest BCUT2D eigenvalue weighted by atomic mass is 16.2. The maximum Gasteiger partial charge on any atom is 0.250 e. The summed E-state index contributed by atoms with van der Waals surface area (Å²) in [6.07, 6.45) is 6.97. The molecule has 2 heterocycles. The monoisotopic (exact) mass is 262 g/mol. The van der Waals surface area contributed by atoms with E-state index in [1.165, 1.54) is 12.0 Å². The van der Waals surface area contributed by atoms with Gasteiger partial charge in [0.15, 0.2) is 0 Å². The molecule has 2 amide bonds. The molecule has 1 unspecified atom stereocenters. The number of amides is 2. The summed E-state index contributed by atoms with van der Waals surface area (Å²) in [6, 6.07) is 0.280. The van der Waals surface area contributed by atoms with Crippen molar-refractivity contribution in [1.29, 1.82) is 0 Å². The van der Waals surface area contributed by atoms with Gasteiger partial charge in [-0.15, -0.1) is 0 Å². The molecule has 4 heteroatoms. The van der Waals surface area contributed by atoms with Crippen LogP contribution < -0.4 is 0 Å². The van der Waals surface area contributed by atoms with E-state index in [1.54, 1.807) is 0 Å². The molecule has 4 nitrogen and oxygen atoms in total. The van der Waals surface area contributed by atoms with Gasteiger partial charge in [0.1, 0.15) is 0 Å². The van der Waals surface area contributed by atoms with Gasteiger partial charge < -0.3 is 9.80 Å². The Morgan fingerprint density at radius 2 is 1.95 bits per heavy atom. The first-order valence-electron chi connectivity index (χ1n) is 7.45. The normalized spacial score (nSPS) is 27.2. The van der Waals surface area contributed by atoms with E-state index in [1.807, 2.05) is 16.8 Å².